The number of rotatable bonds is 7. The van der Waals surface area contributed by atoms with Crippen molar-refractivity contribution in [1.82, 2.24) is 6.15 Å². The van der Waals surface area contributed by atoms with Gasteiger partial charge in [0.1, 0.15) is 0 Å². The van der Waals surface area contributed by atoms with Gasteiger partial charge in [0.05, 0.1) is 0 Å². The zero-order chi connectivity index (χ0) is 10.2. The third kappa shape index (κ3) is 14.5. The Kier molecular flexibility index (Phi) is 11.1. The molecule has 0 amide bonds. The second-order valence-electron chi connectivity index (χ2n) is 5.43. The van der Waals surface area contributed by atoms with Gasteiger partial charge in [-0.2, -0.15) is 0 Å². The van der Waals surface area contributed by atoms with Crippen molar-refractivity contribution in [3.05, 3.63) is 0 Å². The van der Waals surface area contributed by atoms with Crippen LogP contribution in [0.1, 0.15) is 79.1 Å². The molecule has 14 heavy (non-hydrogen) atoms. The maximum Gasteiger partial charge on any atom is -0.0383 e. The standard InChI is InChI=1S/C13H28.H3N/c1-5-6-7-8-9-10-11-12-13(2,3)4;/h5-12H2,1-4H3;1H3. The van der Waals surface area contributed by atoms with Crippen LogP contribution in [0.5, 0.6) is 0 Å². The molecule has 0 aromatic heterocycles. The number of hydrogen-bond acceptors (Lipinski definition) is 1. The highest BCUT2D eigenvalue weighted by atomic mass is 14.1. The molecule has 88 valence electrons. The maximum absolute atomic E-state index is 2.34. The highest BCUT2D eigenvalue weighted by molar-refractivity contribution is 4.60. The van der Waals surface area contributed by atoms with Gasteiger partial charge in [-0.1, -0.05) is 72.6 Å². The fourth-order valence-corrected chi connectivity index (χ4v) is 1.61. The van der Waals surface area contributed by atoms with Gasteiger partial charge in [0, 0.05) is 0 Å². The lowest BCUT2D eigenvalue weighted by Crippen LogP contribution is -2.03. The normalized spacial score (nSPS) is 11.1. The Morgan fingerprint density at radius 2 is 1.14 bits per heavy atom. The van der Waals surface area contributed by atoms with E-state index in [1.165, 1.54) is 51.4 Å². The van der Waals surface area contributed by atoms with Crippen LogP contribution in [-0.4, -0.2) is 0 Å². The van der Waals surface area contributed by atoms with E-state index in [1.807, 2.05) is 0 Å². The van der Waals surface area contributed by atoms with Crippen LogP contribution in [0.25, 0.3) is 0 Å². The van der Waals surface area contributed by atoms with Crippen molar-refractivity contribution >= 4 is 0 Å². The summed E-state index contributed by atoms with van der Waals surface area (Å²) in [7, 11) is 0. The smallest absolute Gasteiger partial charge is 0.0383 e. The lowest BCUT2D eigenvalue weighted by molar-refractivity contribution is 0.356. The Bertz CT molecular complexity index is 102. The number of hydrogen-bond donors (Lipinski definition) is 1. The minimum absolute atomic E-state index is 0. The summed E-state index contributed by atoms with van der Waals surface area (Å²) in [6.07, 6.45) is 11.4. The summed E-state index contributed by atoms with van der Waals surface area (Å²) in [6.45, 7) is 9.29. The van der Waals surface area contributed by atoms with Crippen molar-refractivity contribution in [3.63, 3.8) is 0 Å². The fraction of sp³-hybridized carbons (Fsp3) is 1.00. The first kappa shape index (κ1) is 16.4. The first-order chi connectivity index (χ1) is 6.06. The summed E-state index contributed by atoms with van der Waals surface area (Å²) in [5.41, 5.74) is 0.545. The first-order valence-electron chi connectivity index (χ1n) is 6.06. The molecular formula is C13H31N. The minimum atomic E-state index is 0. The Morgan fingerprint density at radius 3 is 1.57 bits per heavy atom. The average Bonchev–Trinajstić information content (AvgIpc) is 2.01. The Morgan fingerprint density at radius 1 is 0.714 bits per heavy atom. The van der Waals surface area contributed by atoms with Crippen molar-refractivity contribution in [2.75, 3.05) is 0 Å². The van der Waals surface area contributed by atoms with E-state index in [2.05, 4.69) is 27.7 Å². The van der Waals surface area contributed by atoms with E-state index in [-0.39, 0.29) is 6.15 Å². The molecule has 0 heterocycles. The molecule has 1 heteroatoms. The Labute approximate surface area is 91.3 Å². The molecule has 0 atom stereocenters. The second-order valence-corrected chi connectivity index (χ2v) is 5.43. The van der Waals surface area contributed by atoms with E-state index < -0.39 is 0 Å². The van der Waals surface area contributed by atoms with Crippen molar-refractivity contribution in [3.8, 4) is 0 Å². The van der Waals surface area contributed by atoms with Crippen LogP contribution in [0.4, 0.5) is 0 Å². The molecule has 0 unspecified atom stereocenters. The van der Waals surface area contributed by atoms with Crippen LogP contribution in [0.15, 0.2) is 0 Å². The lowest BCUT2D eigenvalue weighted by atomic mass is 9.89. The van der Waals surface area contributed by atoms with Gasteiger partial charge >= 0.3 is 0 Å². The van der Waals surface area contributed by atoms with Gasteiger partial charge in [0.25, 0.3) is 0 Å². The SMILES string of the molecule is CCCCCCCCCC(C)(C)C.N. The molecule has 0 aromatic rings. The first-order valence-corrected chi connectivity index (χ1v) is 6.06. The van der Waals surface area contributed by atoms with E-state index in [0.29, 0.717) is 5.41 Å². The van der Waals surface area contributed by atoms with E-state index in [9.17, 15) is 0 Å². The van der Waals surface area contributed by atoms with Crippen molar-refractivity contribution in [2.24, 2.45) is 5.41 Å². The third-order valence-corrected chi connectivity index (χ3v) is 2.53. The summed E-state index contributed by atoms with van der Waals surface area (Å²) in [5, 5.41) is 0. The molecule has 0 aromatic carbocycles. The fourth-order valence-electron chi connectivity index (χ4n) is 1.61. The van der Waals surface area contributed by atoms with Crippen LogP contribution in [0, 0.1) is 5.41 Å². The van der Waals surface area contributed by atoms with Gasteiger partial charge in [0.2, 0.25) is 0 Å². The molecular weight excluding hydrogens is 170 g/mol. The van der Waals surface area contributed by atoms with Crippen molar-refractivity contribution in [1.29, 1.82) is 0 Å². The monoisotopic (exact) mass is 201 g/mol. The summed E-state index contributed by atoms with van der Waals surface area (Å²) in [5.74, 6) is 0. The van der Waals surface area contributed by atoms with Gasteiger partial charge in [-0.3, -0.25) is 0 Å². The van der Waals surface area contributed by atoms with E-state index in [1.54, 1.807) is 0 Å². The molecule has 0 aliphatic carbocycles. The van der Waals surface area contributed by atoms with Gasteiger partial charge in [-0.05, 0) is 11.8 Å². The lowest BCUT2D eigenvalue weighted by Gasteiger charge is -2.17. The predicted molar refractivity (Wildman–Crippen MR) is 67.1 cm³/mol. The molecule has 0 fully saturated rings. The van der Waals surface area contributed by atoms with Crippen LogP contribution in [-0.2, 0) is 0 Å². The van der Waals surface area contributed by atoms with E-state index in [0.717, 1.165) is 0 Å². The van der Waals surface area contributed by atoms with Gasteiger partial charge in [-0.15, -0.1) is 0 Å². The summed E-state index contributed by atoms with van der Waals surface area (Å²) in [6, 6.07) is 0. The zero-order valence-corrected chi connectivity index (χ0v) is 10.9. The molecule has 1 nitrogen and oxygen atoms in total. The molecule has 3 N–H and O–H groups in total. The van der Waals surface area contributed by atoms with Gasteiger partial charge < -0.3 is 6.15 Å². The number of unbranched alkanes of at least 4 members (excludes halogenated alkanes) is 6. The predicted octanol–water partition coefficient (Wildman–Crippen LogP) is 5.34. The Balaban J connectivity index is 0. The summed E-state index contributed by atoms with van der Waals surface area (Å²) in [4.78, 5) is 0. The summed E-state index contributed by atoms with van der Waals surface area (Å²) >= 11 is 0. The van der Waals surface area contributed by atoms with E-state index >= 15 is 0 Å². The summed E-state index contributed by atoms with van der Waals surface area (Å²) < 4.78 is 0. The third-order valence-electron chi connectivity index (χ3n) is 2.53. The van der Waals surface area contributed by atoms with Crippen LogP contribution < -0.4 is 6.15 Å². The Hall–Kier alpha value is -0.0400. The van der Waals surface area contributed by atoms with E-state index in [4.69, 9.17) is 0 Å². The highest BCUT2D eigenvalue weighted by Crippen LogP contribution is 2.22. The minimum Gasteiger partial charge on any atom is -0.344 e. The molecule has 0 aliphatic rings. The quantitative estimate of drug-likeness (QED) is 0.555. The maximum atomic E-state index is 2.34. The molecule has 0 spiro atoms. The van der Waals surface area contributed by atoms with Gasteiger partial charge in [-0.25, -0.2) is 0 Å². The second kappa shape index (κ2) is 9.51. The van der Waals surface area contributed by atoms with Crippen LogP contribution in [0.3, 0.4) is 0 Å². The van der Waals surface area contributed by atoms with Crippen LogP contribution >= 0.6 is 0 Å². The average molecular weight is 201 g/mol. The van der Waals surface area contributed by atoms with Crippen molar-refractivity contribution in [2.45, 2.75) is 79.1 Å². The largest absolute Gasteiger partial charge is 0.344 e. The molecule has 0 rings (SSSR count). The molecule has 0 bridgehead atoms. The van der Waals surface area contributed by atoms with Crippen LogP contribution in [0.2, 0.25) is 0 Å². The highest BCUT2D eigenvalue weighted by Gasteiger charge is 2.08. The van der Waals surface area contributed by atoms with Crippen molar-refractivity contribution < 1.29 is 0 Å². The molecule has 0 saturated carbocycles. The topological polar surface area (TPSA) is 35.0 Å². The molecule has 0 radical (unpaired) electrons. The van der Waals surface area contributed by atoms with Gasteiger partial charge in [0.15, 0.2) is 0 Å². The molecule has 0 aliphatic heterocycles. The molecule has 0 saturated heterocycles. The zero-order valence-electron chi connectivity index (χ0n) is 10.9.